The first-order chi connectivity index (χ1) is 8.36. The van der Waals surface area contributed by atoms with E-state index in [4.69, 9.17) is 0 Å². The van der Waals surface area contributed by atoms with Gasteiger partial charge in [0, 0.05) is 13.1 Å². The van der Waals surface area contributed by atoms with Gasteiger partial charge in [0.15, 0.2) is 0 Å². The lowest BCUT2D eigenvalue weighted by Gasteiger charge is -2.36. The number of hydrogen-bond acceptors (Lipinski definition) is 2. The van der Waals surface area contributed by atoms with Gasteiger partial charge in [-0.3, -0.25) is 9.69 Å². The molecular weight excluding hydrogens is 245 g/mol. The van der Waals surface area contributed by atoms with Crippen LogP contribution in [0.5, 0.6) is 0 Å². The molecule has 104 valence electrons. The fraction of sp³-hybridized carbons (Fsp3) is 0.750. The van der Waals surface area contributed by atoms with Gasteiger partial charge in [-0.25, -0.2) is 0 Å². The topological polar surface area (TPSA) is 32.3 Å². The van der Waals surface area contributed by atoms with Crippen molar-refractivity contribution in [2.75, 3.05) is 19.6 Å². The van der Waals surface area contributed by atoms with Gasteiger partial charge < -0.3 is 5.32 Å². The van der Waals surface area contributed by atoms with Gasteiger partial charge in [-0.05, 0) is 26.3 Å². The van der Waals surface area contributed by atoms with Crippen molar-refractivity contribution in [1.29, 1.82) is 0 Å². The smallest absolute Gasteiger partial charge is 0.351 e. The third-order valence-electron chi connectivity index (χ3n) is 3.26. The lowest BCUT2D eigenvalue weighted by molar-refractivity contribution is -0.188. The average molecular weight is 264 g/mol. The molecule has 1 amide bonds. The zero-order valence-electron chi connectivity index (χ0n) is 10.5. The Hall–Kier alpha value is -1.04. The Labute approximate surface area is 105 Å². The van der Waals surface area contributed by atoms with E-state index in [1.54, 1.807) is 17.9 Å². The van der Waals surface area contributed by atoms with E-state index in [1.165, 1.54) is 0 Å². The summed E-state index contributed by atoms with van der Waals surface area (Å²) in [4.78, 5) is 13.3. The molecule has 6 heteroatoms. The van der Waals surface area contributed by atoms with Crippen LogP contribution in [0.25, 0.3) is 0 Å². The molecule has 0 radical (unpaired) electrons. The minimum absolute atomic E-state index is 0.0911. The third-order valence-corrected chi connectivity index (χ3v) is 3.26. The fourth-order valence-corrected chi connectivity index (χ4v) is 2.11. The number of carbonyl (C=O) groups is 1. The molecule has 1 fully saturated rings. The van der Waals surface area contributed by atoms with Crippen LogP contribution >= 0.6 is 0 Å². The van der Waals surface area contributed by atoms with Gasteiger partial charge in [-0.1, -0.05) is 6.08 Å². The van der Waals surface area contributed by atoms with Crippen LogP contribution in [0.1, 0.15) is 19.8 Å². The Morgan fingerprint density at radius 2 is 2.28 bits per heavy atom. The van der Waals surface area contributed by atoms with Crippen molar-refractivity contribution in [3.8, 4) is 0 Å². The van der Waals surface area contributed by atoms with E-state index in [0.29, 0.717) is 19.5 Å². The highest BCUT2D eigenvalue weighted by molar-refractivity contribution is 5.81. The molecular formula is C12H19F3N2O. The molecule has 1 rings (SSSR count). The largest absolute Gasteiger partial charge is 0.393 e. The predicted octanol–water partition coefficient (Wildman–Crippen LogP) is 1.95. The second kappa shape index (κ2) is 6.22. The average Bonchev–Trinajstić information content (AvgIpc) is 2.34. The molecule has 2 atom stereocenters. The molecule has 0 aromatic heterocycles. The van der Waals surface area contributed by atoms with E-state index >= 15 is 0 Å². The van der Waals surface area contributed by atoms with Crippen LogP contribution < -0.4 is 5.32 Å². The fourth-order valence-electron chi connectivity index (χ4n) is 2.11. The van der Waals surface area contributed by atoms with Crippen LogP contribution in [0.15, 0.2) is 12.7 Å². The highest BCUT2D eigenvalue weighted by atomic mass is 19.4. The van der Waals surface area contributed by atoms with Crippen molar-refractivity contribution in [2.45, 2.75) is 32.0 Å². The molecule has 0 aromatic carbocycles. The highest BCUT2D eigenvalue weighted by Gasteiger charge is 2.43. The molecule has 0 aliphatic carbocycles. The van der Waals surface area contributed by atoms with Crippen LogP contribution in [0.2, 0.25) is 0 Å². The Kier molecular flexibility index (Phi) is 5.19. The summed E-state index contributed by atoms with van der Waals surface area (Å²) in [6, 6.07) is -0.532. The Morgan fingerprint density at radius 1 is 1.61 bits per heavy atom. The second-order valence-electron chi connectivity index (χ2n) is 4.59. The molecule has 1 aliphatic rings. The molecule has 1 heterocycles. The third kappa shape index (κ3) is 4.01. The Morgan fingerprint density at radius 3 is 2.83 bits per heavy atom. The van der Waals surface area contributed by atoms with Crippen LogP contribution in [-0.2, 0) is 4.79 Å². The standard InChI is InChI=1S/C12H19F3N2O/c1-3-6-16-11(18)9(2)17-7-4-5-10(8-17)12(13,14)15/h3,9-10H,1,4-8H2,2H3,(H,16,18). The molecule has 2 unspecified atom stereocenters. The summed E-state index contributed by atoms with van der Waals surface area (Å²) in [5.41, 5.74) is 0. The molecule has 1 saturated heterocycles. The first-order valence-electron chi connectivity index (χ1n) is 6.05. The van der Waals surface area contributed by atoms with Crippen molar-refractivity contribution in [3.05, 3.63) is 12.7 Å². The van der Waals surface area contributed by atoms with Crippen molar-refractivity contribution < 1.29 is 18.0 Å². The Bertz CT molecular complexity index is 304. The van der Waals surface area contributed by atoms with E-state index in [2.05, 4.69) is 11.9 Å². The normalized spacial score (nSPS) is 23.4. The number of piperidine rings is 1. The predicted molar refractivity (Wildman–Crippen MR) is 63.0 cm³/mol. The molecule has 1 aliphatic heterocycles. The minimum Gasteiger partial charge on any atom is -0.351 e. The molecule has 0 bridgehead atoms. The summed E-state index contributed by atoms with van der Waals surface area (Å²) >= 11 is 0. The molecule has 0 spiro atoms. The molecule has 18 heavy (non-hydrogen) atoms. The number of carbonyl (C=O) groups excluding carboxylic acids is 1. The lowest BCUT2D eigenvalue weighted by atomic mass is 9.96. The maximum atomic E-state index is 12.6. The number of likely N-dealkylation sites (tertiary alicyclic amines) is 1. The van der Waals surface area contributed by atoms with E-state index < -0.39 is 18.1 Å². The zero-order valence-corrected chi connectivity index (χ0v) is 10.5. The summed E-state index contributed by atoms with van der Waals surface area (Å²) in [6.07, 6.45) is -2.00. The number of rotatable bonds is 4. The number of alkyl halides is 3. The number of amides is 1. The van der Waals surface area contributed by atoms with E-state index in [9.17, 15) is 18.0 Å². The van der Waals surface area contributed by atoms with Gasteiger partial charge in [0.25, 0.3) is 0 Å². The van der Waals surface area contributed by atoms with Crippen molar-refractivity contribution in [2.24, 2.45) is 5.92 Å². The quantitative estimate of drug-likeness (QED) is 0.787. The van der Waals surface area contributed by atoms with Crippen LogP contribution in [0.3, 0.4) is 0 Å². The van der Waals surface area contributed by atoms with Crippen LogP contribution in [0, 0.1) is 5.92 Å². The maximum Gasteiger partial charge on any atom is 0.393 e. The van der Waals surface area contributed by atoms with Gasteiger partial charge in [0.1, 0.15) is 0 Å². The summed E-state index contributed by atoms with van der Waals surface area (Å²) in [5.74, 6) is -1.57. The molecule has 3 nitrogen and oxygen atoms in total. The van der Waals surface area contributed by atoms with E-state index in [0.717, 1.165) is 0 Å². The number of nitrogens with zero attached hydrogens (tertiary/aromatic N) is 1. The number of nitrogens with one attached hydrogen (secondary N) is 1. The summed E-state index contributed by atoms with van der Waals surface area (Å²) in [7, 11) is 0. The minimum atomic E-state index is -4.17. The van der Waals surface area contributed by atoms with Crippen molar-refractivity contribution in [3.63, 3.8) is 0 Å². The molecule has 1 N–H and O–H groups in total. The van der Waals surface area contributed by atoms with Crippen LogP contribution in [0.4, 0.5) is 13.2 Å². The lowest BCUT2D eigenvalue weighted by Crippen LogP contribution is -2.51. The first kappa shape index (κ1) is 15.0. The van der Waals surface area contributed by atoms with Gasteiger partial charge in [0.2, 0.25) is 5.91 Å². The molecule has 0 aromatic rings. The second-order valence-corrected chi connectivity index (χ2v) is 4.59. The number of hydrogen-bond donors (Lipinski definition) is 1. The van der Waals surface area contributed by atoms with Crippen LogP contribution in [-0.4, -0.2) is 42.7 Å². The van der Waals surface area contributed by atoms with Gasteiger partial charge >= 0.3 is 6.18 Å². The van der Waals surface area contributed by atoms with E-state index in [1.807, 2.05) is 0 Å². The Balaban J connectivity index is 2.55. The van der Waals surface area contributed by atoms with Gasteiger partial charge in [-0.2, -0.15) is 13.2 Å². The monoisotopic (exact) mass is 264 g/mol. The maximum absolute atomic E-state index is 12.6. The molecule has 0 saturated carbocycles. The highest BCUT2D eigenvalue weighted by Crippen LogP contribution is 2.33. The zero-order chi connectivity index (χ0) is 13.8. The van der Waals surface area contributed by atoms with Crippen molar-refractivity contribution in [1.82, 2.24) is 10.2 Å². The first-order valence-corrected chi connectivity index (χ1v) is 6.05. The SMILES string of the molecule is C=CCNC(=O)C(C)N1CCCC(C(F)(F)F)C1. The summed E-state index contributed by atoms with van der Waals surface area (Å²) in [6.45, 7) is 5.89. The van der Waals surface area contributed by atoms with Gasteiger partial charge in [0.05, 0.1) is 12.0 Å². The van der Waals surface area contributed by atoms with E-state index in [-0.39, 0.29) is 18.9 Å². The summed E-state index contributed by atoms with van der Waals surface area (Å²) in [5, 5.41) is 2.60. The van der Waals surface area contributed by atoms with Gasteiger partial charge in [-0.15, -0.1) is 6.58 Å². The number of halogens is 3. The van der Waals surface area contributed by atoms with Crippen molar-refractivity contribution >= 4 is 5.91 Å². The summed E-state index contributed by atoms with van der Waals surface area (Å²) < 4.78 is 37.9.